The normalized spacial score (nSPS) is 52.2. The van der Waals surface area contributed by atoms with Crippen LogP contribution in [0.3, 0.4) is 0 Å². The molecule has 6 heteroatoms. The maximum absolute atomic E-state index is 9.56. The van der Waals surface area contributed by atoms with Gasteiger partial charge in [0.15, 0.2) is 0 Å². The maximum Gasteiger partial charge on any atom is 0.118 e. The van der Waals surface area contributed by atoms with Crippen molar-refractivity contribution in [1.82, 2.24) is 0 Å². The Morgan fingerprint density at radius 1 is 1.23 bits per heavy atom. The molecular weight excluding hydrogens is 178 g/mol. The lowest BCUT2D eigenvalue weighted by Gasteiger charge is -2.43. The molecule has 0 aromatic heterocycles. The van der Waals surface area contributed by atoms with Crippen LogP contribution in [0.25, 0.3) is 0 Å². The molecule has 0 bridgehead atoms. The summed E-state index contributed by atoms with van der Waals surface area (Å²) in [7, 11) is 0. The summed E-state index contributed by atoms with van der Waals surface area (Å²) in [6.07, 6.45) is -4.53. The zero-order valence-corrected chi connectivity index (χ0v) is 7.04. The van der Waals surface area contributed by atoms with E-state index in [9.17, 15) is 20.4 Å². The topological polar surface area (TPSA) is 127 Å². The third-order valence-corrected chi connectivity index (χ3v) is 2.53. The van der Waals surface area contributed by atoms with Gasteiger partial charge in [-0.15, -0.1) is 0 Å². The minimum absolute atomic E-state index is 0.150. The third-order valence-electron chi connectivity index (χ3n) is 2.53. The Morgan fingerprint density at radius 2 is 1.77 bits per heavy atom. The van der Waals surface area contributed by atoms with E-state index in [1.54, 1.807) is 0 Å². The fourth-order valence-electron chi connectivity index (χ4n) is 1.57. The van der Waals surface area contributed by atoms with Crippen molar-refractivity contribution in [3.05, 3.63) is 0 Å². The van der Waals surface area contributed by atoms with Gasteiger partial charge in [-0.1, -0.05) is 0 Å². The van der Waals surface area contributed by atoms with Crippen molar-refractivity contribution in [2.24, 2.45) is 5.73 Å². The molecule has 6 nitrogen and oxygen atoms in total. The number of rotatable bonds is 1. The lowest BCUT2D eigenvalue weighted by atomic mass is 9.77. The molecule has 1 aliphatic carbocycles. The van der Waals surface area contributed by atoms with Gasteiger partial charge in [0, 0.05) is 6.04 Å². The van der Waals surface area contributed by atoms with E-state index in [1.807, 2.05) is 0 Å². The van der Waals surface area contributed by atoms with Gasteiger partial charge in [0.2, 0.25) is 0 Å². The highest BCUT2D eigenvalue weighted by molar-refractivity contribution is 5.03. The van der Waals surface area contributed by atoms with Gasteiger partial charge in [-0.2, -0.15) is 0 Å². The lowest BCUT2D eigenvalue weighted by molar-refractivity contribution is -0.203. The van der Waals surface area contributed by atoms with Gasteiger partial charge < -0.3 is 31.3 Å². The van der Waals surface area contributed by atoms with Crippen LogP contribution < -0.4 is 5.73 Å². The maximum atomic E-state index is 9.56. The SMILES string of the molecule is N[C@H]1C[C@](O)(CO)[C@@H](O)[C@H](O)[C@H]1O. The molecule has 0 aromatic rings. The average molecular weight is 193 g/mol. The van der Waals surface area contributed by atoms with Crippen molar-refractivity contribution < 1.29 is 25.5 Å². The van der Waals surface area contributed by atoms with E-state index in [4.69, 9.17) is 10.8 Å². The first-order chi connectivity index (χ1) is 5.92. The fraction of sp³-hybridized carbons (Fsp3) is 1.00. The van der Waals surface area contributed by atoms with Gasteiger partial charge in [-0.05, 0) is 6.42 Å². The van der Waals surface area contributed by atoms with Gasteiger partial charge in [0.25, 0.3) is 0 Å². The summed E-state index contributed by atoms with van der Waals surface area (Å²) < 4.78 is 0. The molecule has 1 fully saturated rings. The molecule has 1 saturated carbocycles. The molecule has 1 rings (SSSR count). The molecule has 0 aromatic carbocycles. The van der Waals surface area contributed by atoms with E-state index in [1.165, 1.54) is 0 Å². The summed E-state index contributed by atoms with van der Waals surface area (Å²) in [6.45, 7) is -0.703. The van der Waals surface area contributed by atoms with Crippen LogP contribution in [-0.2, 0) is 0 Å². The Hall–Kier alpha value is -0.240. The minimum Gasteiger partial charge on any atom is -0.393 e. The molecule has 1 aliphatic rings. The lowest BCUT2D eigenvalue weighted by Crippen LogP contribution is -2.66. The number of nitrogens with two attached hydrogens (primary N) is 1. The van der Waals surface area contributed by atoms with E-state index < -0.39 is 36.6 Å². The predicted molar refractivity (Wildman–Crippen MR) is 42.6 cm³/mol. The predicted octanol–water partition coefficient (Wildman–Crippen LogP) is -3.48. The first-order valence-electron chi connectivity index (χ1n) is 4.05. The van der Waals surface area contributed by atoms with Crippen LogP contribution in [0.15, 0.2) is 0 Å². The zero-order chi connectivity index (χ0) is 10.2. The van der Waals surface area contributed by atoms with Crippen molar-refractivity contribution in [3.63, 3.8) is 0 Å². The average Bonchev–Trinajstić information content (AvgIpc) is 2.12. The Kier molecular flexibility index (Phi) is 2.91. The fourth-order valence-corrected chi connectivity index (χ4v) is 1.57. The van der Waals surface area contributed by atoms with Crippen LogP contribution in [0.4, 0.5) is 0 Å². The first-order valence-corrected chi connectivity index (χ1v) is 4.05. The number of hydrogen-bond donors (Lipinski definition) is 6. The number of aliphatic hydroxyl groups excluding tert-OH is 4. The van der Waals surface area contributed by atoms with Crippen molar-refractivity contribution in [3.8, 4) is 0 Å². The molecule has 5 atom stereocenters. The Morgan fingerprint density at radius 3 is 2.23 bits per heavy atom. The molecule has 0 amide bonds. The standard InChI is InChI=1S/C7H15NO5/c8-3-1-7(13,2-9)6(12)5(11)4(3)10/h3-6,9-13H,1-2,8H2/t3-,4-,5+,6-,7-/m0/s1. The molecule has 0 aliphatic heterocycles. The van der Waals surface area contributed by atoms with E-state index in [-0.39, 0.29) is 6.42 Å². The molecule has 0 spiro atoms. The van der Waals surface area contributed by atoms with Crippen LogP contribution in [0.1, 0.15) is 6.42 Å². The second-order valence-corrected chi connectivity index (χ2v) is 3.56. The molecule has 7 N–H and O–H groups in total. The van der Waals surface area contributed by atoms with E-state index in [2.05, 4.69) is 0 Å². The second kappa shape index (κ2) is 3.49. The molecule has 78 valence electrons. The molecule has 13 heavy (non-hydrogen) atoms. The Labute approximate surface area is 75.2 Å². The Balaban J connectivity index is 2.82. The van der Waals surface area contributed by atoms with Crippen LogP contribution in [0.2, 0.25) is 0 Å². The van der Waals surface area contributed by atoms with Crippen LogP contribution in [0, 0.1) is 0 Å². The van der Waals surface area contributed by atoms with Crippen molar-refractivity contribution in [1.29, 1.82) is 0 Å². The smallest absolute Gasteiger partial charge is 0.118 e. The van der Waals surface area contributed by atoms with Gasteiger partial charge >= 0.3 is 0 Å². The van der Waals surface area contributed by atoms with Crippen LogP contribution in [-0.4, -0.2) is 62.1 Å². The van der Waals surface area contributed by atoms with Gasteiger partial charge in [-0.3, -0.25) is 0 Å². The first kappa shape index (κ1) is 10.8. The van der Waals surface area contributed by atoms with E-state index in [0.717, 1.165) is 0 Å². The van der Waals surface area contributed by atoms with Gasteiger partial charge in [0.05, 0.1) is 12.7 Å². The van der Waals surface area contributed by atoms with Gasteiger partial charge in [-0.25, -0.2) is 0 Å². The highest BCUT2D eigenvalue weighted by Crippen LogP contribution is 2.28. The van der Waals surface area contributed by atoms with E-state index >= 15 is 0 Å². The summed E-state index contributed by atoms with van der Waals surface area (Å²) in [6, 6.07) is -0.851. The van der Waals surface area contributed by atoms with Crippen molar-refractivity contribution in [2.75, 3.05) is 6.61 Å². The zero-order valence-electron chi connectivity index (χ0n) is 7.04. The largest absolute Gasteiger partial charge is 0.393 e. The monoisotopic (exact) mass is 193 g/mol. The summed E-state index contributed by atoms with van der Waals surface area (Å²) in [5.41, 5.74) is 3.57. The number of hydrogen-bond acceptors (Lipinski definition) is 6. The molecule has 0 heterocycles. The van der Waals surface area contributed by atoms with Crippen LogP contribution >= 0.6 is 0 Å². The highest BCUT2D eigenvalue weighted by atomic mass is 16.4. The van der Waals surface area contributed by atoms with Crippen molar-refractivity contribution in [2.45, 2.75) is 36.4 Å². The molecule has 0 saturated heterocycles. The summed E-state index contributed by atoms with van der Waals surface area (Å²) in [4.78, 5) is 0. The Bertz CT molecular complexity index is 190. The summed E-state index contributed by atoms with van der Waals surface area (Å²) in [5.74, 6) is 0. The number of aliphatic hydroxyl groups is 5. The molecule has 0 radical (unpaired) electrons. The van der Waals surface area contributed by atoms with Crippen LogP contribution in [0.5, 0.6) is 0 Å². The minimum atomic E-state index is -1.82. The summed E-state index contributed by atoms with van der Waals surface area (Å²) >= 11 is 0. The molecule has 0 unspecified atom stereocenters. The second-order valence-electron chi connectivity index (χ2n) is 3.56. The third kappa shape index (κ3) is 1.69. The van der Waals surface area contributed by atoms with Gasteiger partial charge in [0.1, 0.15) is 17.8 Å². The summed E-state index contributed by atoms with van der Waals surface area (Å²) in [5, 5.41) is 46.1. The quantitative estimate of drug-likeness (QED) is 0.257. The molecular formula is C7H15NO5. The van der Waals surface area contributed by atoms with E-state index in [0.29, 0.717) is 0 Å². The highest BCUT2D eigenvalue weighted by Gasteiger charge is 2.49. The van der Waals surface area contributed by atoms with Crippen molar-refractivity contribution >= 4 is 0 Å².